The van der Waals surface area contributed by atoms with E-state index in [0.717, 1.165) is 18.7 Å². The van der Waals surface area contributed by atoms with Crippen LogP contribution in [0.3, 0.4) is 0 Å². The highest BCUT2D eigenvalue weighted by Crippen LogP contribution is 2.27. The molecule has 30 heavy (non-hydrogen) atoms. The van der Waals surface area contributed by atoms with E-state index >= 15 is 0 Å². The second kappa shape index (κ2) is 9.57. The first-order chi connectivity index (χ1) is 14.5. The van der Waals surface area contributed by atoms with Crippen molar-refractivity contribution in [2.75, 3.05) is 38.8 Å². The van der Waals surface area contributed by atoms with Gasteiger partial charge in [0.15, 0.2) is 11.5 Å². The Morgan fingerprint density at radius 2 is 1.93 bits per heavy atom. The number of nitrogens with zero attached hydrogens (tertiary/aromatic N) is 4. The lowest BCUT2D eigenvalue weighted by Gasteiger charge is -2.15. The van der Waals surface area contributed by atoms with Gasteiger partial charge in [-0.1, -0.05) is 17.4 Å². The fourth-order valence-corrected chi connectivity index (χ4v) is 3.99. The molecule has 3 rings (SSSR count). The van der Waals surface area contributed by atoms with Gasteiger partial charge in [0.1, 0.15) is 5.56 Å². The van der Waals surface area contributed by atoms with E-state index in [1.54, 1.807) is 14.2 Å². The number of carbonyl (C=O) groups is 1. The van der Waals surface area contributed by atoms with Crippen LogP contribution in [0.4, 0.5) is 5.13 Å². The number of aromatic nitrogens is 3. The predicted molar refractivity (Wildman–Crippen MR) is 116 cm³/mol. The van der Waals surface area contributed by atoms with Crippen LogP contribution in [0.15, 0.2) is 29.2 Å². The third-order valence-corrected chi connectivity index (χ3v) is 5.69. The van der Waals surface area contributed by atoms with Gasteiger partial charge in [0, 0.05) is 25.8 Å². The standard InChI is InChI=1S/C20H25N5O4S/c1-5-24(6-2)20-23-25-18(27)14(12-22-19(25)30-20)17(26)21-10-9-13-7-8-15(28-3)16(11-13)29-4/h7-8,11-12H,5-6,9-10H2,1-4H3,(H,21,26). The van der Waals surface area contributed by atoms with Crippen LogP contribution in [0.5, 0.6) is 11.5 Å². The fraction of sp³-hybridized carbons (Fsp3) is 0.400. The van der Waals surface area contributed by atoms with Crippen LogP contribution < -0.4 is 25.2 Å². The summed E-state index contributed by atoms with van der Waals surface area (Å²) in [6.45, 7) is 5.94. The van der Waals surface area contributed by atoms with Crippen molar-refractivity contribution in [2.24, 2.45) is 0 Å². The van der Waals surface area contributed by atoms with Gasteiger partial charge in [0.2, 0.25) is 10.1 Å². The van der Waals surface area contributed by atoms with Gasteiger partial charge in [0.25, 0.3) is 11.5 Å². The molecule has 3 aromatic rings. The molecule has 0 aliphatic heterocycles. The zero-order chi connectivity index (χ0) is 21.7. The number of rotatable bonds is 9. The molecular formula is C20H25N5O4S. The van der Waals surface area contributed by atoms with E-state index in [2.05, 4.69) is 15.4 Å². The van der Waals surface area contributed by atoms with E-state index in [1.165, 1.54) is 22.0 Å². The number of amides is 1. The van der Waals surface area contributed by atoms with Gasteiger partial charge in [0.05, 0.1) is 14.2 Å². The van der Waals surface area contributed by atoms with Crippen LogP contribution in [0, 0.1) is 0 Å². The highest BCUT2D eigenvalue weighted by atomic mass is 32.1. The summed E-state index contributed by atoms with van der Waals surface area (Å²) in [5.41, 5.74) is 0.469. The molecule has 0 fully saturated rings. The summed E-state index contributed by atoms with van der Waals surface area (Å²) in [4.78, 5) is 32.0. The highest BCUT2D eigenvalue weighted by molar-refractivity contribution is 7.20. The molecule has 0 aliphatic carbocycles. The van der Waals surface area contributed by atoms with Crippen molar-refractivity contribution in [2.45, 2.75) is 20.3 Å². The zero-order valence-corrected chi connectivity index (χ0v) is 18.3. The first-order valence-electron chi connectivity index (χ1n) is 9.65. The van der Waals surface area contributed by atoms with E-state index in [1.807, 2.05) is 36.9 Å². The van der Waals surface area contributed by atoms with Crippen LogP contribution in [-0.4, -0.2) is 54.4 Å². The molecule has 2 aromatic heterocycles. The first kappa shape index (κ1) is 21.6. The lowest BCUT2D eigenvalue weighted by atomic mass is 10.1. The van der Waals surface area contributed by atoms with Crippen molar-refractivity contribution >= 4 is 27.3 Å². The monoisotopic (exact) mass is 431 g/mol. The van der Waals surface area contributed by atoms with Crippen molar-refractivity contribution in [3.63, 3.8) is 0 Å². The molecular weight excluding hydrogens is 406 g/mol. The number of nitrogens with one attached hydrogen (secondary N) is 1. The van der Waals surface area contributed by atoms with E-state index < -0.39 is 11.5 Å². The van der Waals surface area contributed by atoms with E-state index in [-0.39, 0.29) is 5.56 Å². The van der Waals surface area contributed by atoms with Gasteiger partial charge in [-0.15, -0.1) is 5.10 Å². The Morgan fingerprint density at radius 3 is 2.60 bits per heavy atom. The molecule has 0 atom stereocenters. The average Bonchev–Trinajstić information content (AvgIpc) is 3.19. The molecule has 0 spiro atoms. The maximum Gasteiger partial charge on any atom is 0.288 e. The van der Waals surface area contributed by atoms with Crippen LogP contribution in [0.25, 0.3) is 4.96 Å². The van der Waals surface area contributed by atoms with Gasteiger partial charge in [-0.2, -0.15) is 4.52 Å². The summed E-state index contributed by atoms with van der Waals surface area (Å²) in [5, 5.41) is 7.82. The zero-order valence-electron chi connectivity index (χ0n) is 17.5. The SMILES string of the molecule is CCN(CC)c1nn2c(=O)c(C(=O)NCCc3ccc(OC)c(OC)c3)cnc2s1. The van der Waals surface area contributed by atoms with Crippen LogP contribution >= 0.6 is 11.3 Å². The third-order valence-electron chi connectivity index (χ3n) is 4.70. The molecule has 10 heteroatoms. The Bertz CT molecular complexity index is 1090. The Kier molecular flexibility index (Phi) is 6.88. The van der Waals surface area contributed by atoms with Crippen molar-refractivity contribution in [3.05, 3.63) is 45.9 Å². The maximum atomic E-state index is 12.7. The number of hydrogen-bond acceptors (Lipinski definition) is 8. The molecule has 9 nitrogen and oxygen atoms in total. The molecule has 0 aliphatic rings. The minimum atomic E-state index is -0.474. The van der Waals surface area contributed by atoms with Crippen LogP contribution in [0.1, 0.15) is 29.8 Å². The predicted octanol–water partition coefficient (Wildman–Crippen LogP) is 1.99. The normalized spacial score (nSPS) is 10.8. The second-order valence-corrected chi connectivity index (χ2v) is 7.36. The number of methoxy groups -OCH3 is 2. The molecule has 1 amide bonds. The second-order valence-electron chi connectivity index (χ2n) is 6.42. The quantitative estimate of drug-likeness (QED) is 0.553. The number of carbonyl (C=O) groups excluding carboxylic acids is 1. The molecule has 1 aromatic carbocycles. The molecule has 0 unspecified atom stereocenters. The van der Waals surface area contributed by atoms with Crippen molar-refractivity contribution in [1.82, 2.24) is 19.9 Å². The molecule has 0 saturated heterocycles. The highest BCUT2D eigenvalue weighted by Gasteiger charge is 2.17. The summed E-state index contributed by atoms with van der Waals surface area (Å²) >= 11 is 1.32. The minimum Gasteiger partial charge on any atom is -0.493 e. The smallest absolute Gasteiger partial charge is 0.288 e. The van der Waals surface area contributed by atoms with E-state index in [4.69, 9.17) is 9.47 Å². The maximum absolute atomic E-state index is 12.7. The number of benzene rings is 1. The molecule has 0 radical (unpaired) electrons. The van der Waals surface area contributed by atoms with Gasteiger partial charge in [-0.3, -0.25) is 9.59 Å². The summed E-state index contributed by atoms with van der Waals surface area (Å²) in [6.07, 6.45) is 1.89. The number of fused-ring (bicyclic) bond motifs is 1. The molecule has 2 heterocycles. The topological polar surface area (TPSA) is 98.1 Å². The molecule has 1 N–H and O–H groups in total. The number of ether oxygens (including phenoxy) is 2. The lowest BCUT2D eigenvalue weighted by molar-refractivity contribution is 0.0952. The number of hydrogen-bond donors (Lipinski definition) is 1. The van der Waals surface area contributed by atoms with Gasteiger partial charge in [-0.25, -0.2) is 4.98 Å². The van der Waals surface area contributed by atoms with Gasteiger partial charge in [-0.05, 0) is 38.0 Å². The molecule has 0 bridgehead atoms. The molecule has 0 saturated carbocycles. The Labute approximate surface area is 178 Å². The van der Waals surface area contributed by atoms with Gasteiger partial charge < -0.3 is 19.7 Å². The van der Waals surface area contributed by atoms with Crippen molar-refractivity contribution in [3.8, 4) is 11.5 Å². The fourth-order valence-electron chi connectivity index (χ4n) is 3.01. The van der Waals surface area contributed by atoms with Crippen molar-refractivity contribution in [1.29, 1.82) is 0 Å². The largest absolute Gasteiger partial charge is 0.493 e. The van der Waals surface area contributed by atoms with Crippen LogP contribution in [0.2, 0.25) is 0 Å². The summed E-state index contributed by atoms with van der Waals surface area (Å²) in [6, 6.07) is 5.58. The summed E-state index contributed by atoms with van der Waals surface area (Å²) < 4.78 is 11.7. The van der Waals surface area contributed by atoms with E-state index in [0.29, 0.717) is 34.6 Å². The third kappa shape index (κ3) is 4.38. The average molecular weight is 432 g/mol. The Hall–Kier alpha value is -3.14. The Morgan fingerprint density at radius 1 is 1.20 bits per heavy atom. The summed E-state index contributed by atoms with van der Waals surface area (Å²) in [5.74, 6) is 0.798. The minimum absolute atomic E-state index is 0.0313. The number of anilines is 1. The van der Waals surface area contributed by atoms with E-state index in [9.17, 15) is 9.59 Å². The molecule has 160 valence electrons. The Balaban J connectivity index is 1.71. The van der Waals surface area contributed by atoms with Crippen molar-refractivity contribution < 1.29 is 14.3 Å². The van der Waals surface area contributed by atoms with Gasteiger partial charge >= 0.3 is 0 Å². The lowest BCUT2D eigenvalue weighted by Crippen LogP contribution is -2.33. The summed E-state index contributed by atoms with van der Waals surface area (Å²) in [7, 11) is 3.15. The first-order valence-corrected chi connectivity index (χ1v) is 10.5. The van der Waals surface area contributed by atoms with Crippen LogP contribution in [-0.2, 0) is 6.42 Å².